The normalized spacial score (nSPS) is 16.2. The molecule has 2 amide bonds. The van der Waals surface area contributed by atoms with E-state index >= 15 is 0 Å². The average Bonchev–Trinajstić information content (AvgIpc) is 3.46. The number of rotatable bonds is 9. The summed E-state index contributed by atoms with van der Waals surface area (Å²) in [5, 5.41) is 3.08. The first-order valence-corrected chi connectivity index (χ1v) is 9.37. The fraction of sp³-hybridized carbons (Fsp3) is 0.600. The van der Waals surface area contributed by atoms with E-state index in [1.807, 2.05) is 11.8 Å². The van der Waals surface area contributed by atoms with E-state index in [1.54, 1.807) is 24.3 Å². The molecular weight excluding hydrogens is 314 g/mol. The summed E-state index contributed by atoms with van der Waals surface area (Å²) in [7, 11) is 0. The van der Waals surface area contributed by atoms with Gasteiger partial charge in [0.1, 0.15) is 0 Å². The number of hydrogen-bond acceptors (Lipinski definition) is 3. The van der Waals surface area contributed by atoms with Crippen molar-refractivity contribution in [1.29, 1.82) is 0 Å². The Bertz CT molecular complexity index is 607. The van der Waals surface area contributed by atoms with Gasteiger partial charge < -0.3 is 16.0 Å². The fourth-order valence-corrected chi connectivity index (χ4v) is 3.20. The van der Waals surface area contributed by atoms with Crippen LogP contribution in [0, 0.1) is 5.92 Å². The van der Waals surface area contributed by atoms with E-state index in [-0.39, 0.29) is 17.4 Å². The van der Waals surface area contributed by atoms with Crippen molar-refractivity contribution in [3.63, 3.8) is 0 Å². The largest absolute Gasteiger partial charge is 0.345 e. The second-order valence-electron chi connectivity index (χ2n) is 7.22. The maximum absolute atomic E-state index is 12.7. The summed E-state index contributed by atoms with van der Waals surface area (Å²) in [6.07, 6.45) is 4.05. The standard InChI is InChI=1S/C20H31N3O2/c1-4-11-23(12-5-2)19(25)16-8-6-7-15(13-16)18(24)22-20(3,14-21)17-9-10-17/h6-8,13,17H,4-5,9-12,14,21H2,1-3H3,(H,22,24). The van der Waals surface area contributed by atoms with Crippen LogP contribution in [-0.4, -0.2) is 41.9 Å². The monoisotopic (exact) mass is 345 g/mol. The third-order valence-electron chi connectivity index (χ3n) is 4.95. The molecule has 5 heteroatoms. The Labute approximate surface area is 151 Å². The summed E-state index contributed by atoms with van der Waals surface area (Å²) in [5.74, 6) is 0.282. The van der Waals surface area contributed by atoms with Gasteiger partial charge in [0.15, 0.2) is 0 Å². The van der Waals surface area contributed by atoms with Crippen molar-refractivity contribution >= 4 is 11.8 Å². The molecule has 1 atom stereocenters. The van der Waals surface area contributed by atoms with Crippen LogP contribution in [-0.2, 0) is 0 Å². The third kappa shape index (κ3) is 4.82. The number of benzene rings is 1. The Morgan fingerprint density at radius 3 is 2.32 bits per heavy atom. The van der Waals surface area contributed by atoms with Crippen LogP contribution in [0.4, 0.5) is 0 Å². The van der Waals surface area contributed by atoms with Crippen molar-refractivity contribution in [2.45, 2.75) is 52.0 Å². The Hall–Kier alpha value is -1.88. The van der Waals surface area contributed by atoms with E-state index in [4.69, 9.17) is 5.73 Å². The van der Waals surface area contributed by atoms with Gasteiger partial charge in [-0.05, 0) is 56.7 Å². The molecule has 0 saturated heterocycles. The lowest BCUT2D eigenvalue weighted by Gasteiger charge is -2.29. The molecule has 1 aliphatic rings. The molecule has 0 spiro atoms. The fourth-order valence-electron chi connectivity index (χ4n) is 3.20. The van der Waals surface area contributed by atoms with Crippen LogP contribution in [0.2, 0.25) is 0 Å². The molecule has 25 heavy (non-hydrogen) atoms. The van der Waals surface area contributed by atoms with Gasteiger partial charge in [-0.25, -0.2) is 0 Å². The quantitative estimate of drug-likeness (QED) is 0.722. The lowest BCUT2D eigenvalue weighted by molar-refractivity contribution is 0.0755. The minimum absolute atomic E-state index is 0.0119. The number of amides is 2. The van der Waals surface area contributed by atoms with Crippen LogP contribution in [0.1, 0.15) is 67.2 Å². The van der Waals surface area contributed by atoms with Crippen molar-refractivity contribution < 1.29 is 9.59 Å². The van der Waals surface area contributed by atoms with Crippen LogP contribution >= 0.6 is 0 Å². The number of nitrogens with zero attached hydrogens (tertiary/aromatic N) is 1. The van der Waals surface area contributed by atoms with E-state index in [1.165, 1.54) is 0 Å². The van der Waals surface area contributed by atoms with Crippen molar-refractivity contribution in [3.8, 4) is 0 Å². The molecule has 1 saturated carbocycles. The van der Waals surface area contributed by atoms with Crippen LogP contribution in [0.15, 0.2) is 24.3 Å². The molecule has 0 radical (unpaired) electrons. The molecule has 3 N–H and O–H groups in total. The van der Waals surface area contributed by atoms with Gasteiger partial charge in [0.25, 0.3) is 11.8 Å². The van der Waals surface area contributed by atoms with Gasteiger partial charge in [-0.3, -0.25) is 9.59 Å². The Morgan fingerprint density at radius 1 is 1.20 bits per heavy atom. The molecule has 2 rings (SSSR count). The number of carbonyl (C=O) groups excluding carboxylic acids is 2. The maximum Gasteiger partial charge on any atom is 0.253 e. The molecule has 1 unspecified atom stereocenters. The van der Waals surface area contributed by atoms with E-state index in [9.17, 15) is 9.59 Å². The van der Waals surface area contributed by atoms with Crippen molar-refractivity contribution in [2.24, 2.45) is 11.7 Å². The molecule has 138 valence electrons. The Kier molecular flexibility index (Phi) is 6.59. The molecule has 1 fully saturated rings. The number of nitrogens with one attached hydrogen (secondary N) is 1. The topological polar surface area (TPSA) is 75.4 Å². The highest BCUT2D eigenvalue weighted by atomic mass is 16.2. The predicted molar refractivity (Wildman–Crippen MR) is 101 cm³/mol. The lowest BCUT2D eigenvalue weighted by atomic mass is 9.95. The van der Waals surface area contributed by atoms with Crippen molar-refractivity contribution in [1.82, 2.24) is 10.2 Å². The van der Waals surface area contributed by atoms with Crippen LogP contribution in [0.25, 0.3) is 0 Å². The highest BCUT2D eigenvalue weighted by molar-refractivity contribution is 6.00. The van der Waals surface area contributed by atoms with Gasteiger partial charge in [0.05, 0.1) is 5.54 Å². The van der Waals surface area contributed by atoms with Crippen molar-refractivity contribution in [3.05, 3.63) is 35.4 Å². The molecule has 1 aliphatic carbocycles. The van der Waals surface area contributed by atoms with Crippen molar-refractivity contribution in [2.75, 3.05) is 19.6 Å². The van der Waals surface area contributed by atoms with Crippen LogP contribution < -0.4 is 11.1 Å². The van der Waals surface area contributed by atoms with Gasteiger partial charge in [-0.2, -0.15) is 0 Å². The highest BCUT2D eigenvalue weighted by Gasteiger charge is 2.41. The van der Waals surface area contributed by atoms with E-state index < -0.39 is 0 Å². The summed E-state index contributed by atoms with van der Waals surface area (Å²) in [6.45, 7) is 8.01. The summed E-state index contributed by atoms with van der Waals surface area (Å²) in [6, 6.07) is 7.00. The third-order valence-corrected chi connectivity index (χ3v) is 4.95. The van der Waals surface area contributed by atoms with E-state index in [2.05, 4.69) is 19.2 Å². The first kappa shape index (κ1) is 19.4. The van der Waals surface area contributed by atoms with E-state index in [0.717, 1.165) is 38.8 Å². The molecule has 1 aromatic rings. The average molecular weight is 345 g/mol. The highest BCUT2D eigenvalue weighted by Crippen LogP contribution is 2.39. The van der Waals surface area contributed by atoms with Crippen LogP contribution in [0.3, 0.4) is 0 Å². The SMILES string of the molecule is CCCN(CCC)C(=O)c1cccc(C(=O)NC(C)(CN)C2CC2)c1. The molecule has 0 heterocycles. The first-order valence-electron chi connectivity index (χ1n) is 9.37. The number of hydrogen-bond donors (Lipinski definition) is 2. The summed E-state index contributed by atoms with van der Waals surface area (Å²) in [5.41, 5.74) is 6.59. The minimum Gasteiger partial charge on any atom is -0.345 e. The van der Waals surface area contributed by atoms with Crippen LogP contribution in [0.5, 0.6) is 0 Å². The zero-order chi connectivity index (χ0) is 18.4. The molecule has 5 nitrogen and oxygen atoms in total. The molecular formula is C20H31N3O2. The minimum atomic E-state index is -0.368. The zero-order valence-corrected chi connectivity index (χ0v) is 15.7. The van der Waals surface area contributed by atoms with Gasteiger partial charge in [0, 0.05) is 30.8 Å². The molecule has 0 aliphatic heterocycles. The zero-order valence-electron chi connectivity index (χ0n) is 15.7. The molecule has 0 aromatic heterocycles. The predicted octanol–water partition coefficient (Wildman–Crippen LogP) is 2.81. The Morgan fingerprint density at radius 2 is 1.80 bits per heavy atom. The van der Waals surface area contributed by atoms with Gasteiger partial charge in [0.2, 0.25) is 0 Å². The second-order valence-corrected chi connectivity index (χ2v) is 7.22. The maximum atomic E-state index is 12.7. The first-order chi connectivity index (χ1) is 11.9. The van der Waals surface area contributed by atoms with Gasteiger partial charge >= 0.3 is 0 Å². The van der Waals surface area contributed by atoms with Gasteiger partial charge in [-0.15, -0.1) is 0 Å². The van der Waals surface area contributed by atoms with E-state index in [0.29, 0.717) is 23.6 Å². The molecule has 0 bridgehead atoms. The smallest absolute Gasteiger partial charge is 0.253 e. The molecule has 1 aromatic carbocycles. The summed E-state index contributed by atoms with van der Waals surface area (Å²) in [4.78, 5) is 27.2. The Balaban J connectivity index is 2.14. The second kappa shape index (κ2) is 8.48. The summed E-state index contributed by atoms with van der Waals surface area (Å²) >= 11 is 0. The number of nitrogens with two attached hydrogens (primary N) is 1. The lowest BCUT2D eigenvalue weighted by Crippen LogP contribution is -2.53. The summed E-state index contributed by atoms with van der Waals surface area (Å²) < 4.78 is 0. The number of carbonyl (C=O) groups is 2. The van der Waals surface area contributed by atoms with Gasteiger partial charge in [-0.1, -0.05) is 19.9 Å².